The highest BCUT2D eigenvalue weighted by atomic mass is 19.1. The van der Waals surface area contributed by atoms with Crippen LogP contribution in [0.15, 0.2) is 78.3 Å². The maximum absolute atomic E-state index is 14.6. The SMILES string of the molecule is C=C1/N=C\C=C(\c2n[nH]c3ccc(-n4cc([C@@]5(C)CCCN(Cc6c(F)cccc6OC)C5)nn4)cc23)C/C=C\N1. The molecule has 9 nitrogen and oxygen atoms in total. The molecular weight excluding hydrogens is 519 g/mol. The summed E-state index contributed by atoms with van der Waals surface area (Å²) in [6.45, 7) is 8.20. The Morgan fingerprint density at radius 3 is 3.00 bits per heavy atom. The lowest BCUT2D eigenvalue weighted by molar-refractivity contribution is 0.144. The highest BCUT2D eigenvalue weighted by Crippen LogP contribution is 2.35. The third-order valence-electron chi connectivity index (χ3n) is 7.89. The zero-order chi connectivity index (χ0) is 28.4. The Labute approximate surface area is 238 Å². The second-order valence-corrected chi connectivity index (χ2v) is 10.8. The number of piperidine rings is 1. The zero-order valence-electron chi connectivity index (χ0n) is 23.3. The number of hydrogen-bond donors (Lipinski definition) is 2. The number of methoxy groups -OCH3 is 1. The Morgan fingerprint density at radius 1 is 1.22 bits per heavy atom. The molecule has 4 heterocycles. The normalized spacial score (nSPS) is 22.7. The highest BCUT2D eigenvalue weighted by Gasteiger charge is 2.36. The Hall–Kier alpha value is -4.57. The third kappa shape index (κ3) is 5.43. The summed E-state index contributed by atoms with van der Waals surface area (Å²) in [6.07, 6.45) is 12.2. The van der Waals surface area contributed by atoms with Crippen LogP contribution in [0.4, 0.5) is 4.39 Å². The Morgan fingerprint density at radius 2 is 2.12 bits per heavy atom. The van der Waals surface area contributed by atoms with Crippen molar-refractivity contribution in [3.05, 3.63) is 96.1 Å². The number of nitrogens with zero attached hydrogens (tertiary/aromatic N) is 6. The second kappa shape index (κ2) is 11.1. The van der Waals surface area contributed by atoms with Crippen molar-refractivity contribution in [2.75, 3.05) is 20.2 Å². The van der Waals surface area contributed by atoms with E-state index in [4.69, 9.17) is 4.74 Å². The molecule has 1 saturated heterocycles. The van der Waals surface area contributed by atoms with E-state index in [2.05, 4.69) is 55.3 Å². The molecule has 2 N–H and O–H groups in total. The molecule has 10 heteroatoms. The van der Waals surface area contributed by atoms with Crippen LogP contribution in [0.5, 0.6) is 5.75 Å². The van der Waals surface area contributed by atoms with Gasteiger partial charge in [0.05, 0.1) is 35.9 Å². The summed E-state index contributed by atoms with van der Waals surface area (Å²) in [5.74, 6) is 0.915. The monoisotopic (exact) mass is 552 g/mol. The second-order valence-electron chi connectivity index (χ2n) is 10.8. The van der Waals surface area contributed by atoms with Gasteiger partial charge < -0.3 is 10.1 Å². The molecular formula is C31H33FN8O. The fourth-order valence-corrected chi connectivity index (χ4v) is 5.69. The molecule has 0 bridgehead atoms. The topological polar surface area (TPSA) is 96.2 Å². The molecule has 2 aliphatic rings. The van der Waals surface area contributed by atoms with Crippen LogP contribution in [0.3, 0.4) is 0 Å². The molecule has 2 aliphatic heterocycles. The van der Waals surface area contributed by atoms with Gasteiger partial charge in [-0.2, -0.15) is 5.10 Å². The molecule has 0 amide bonds. The van der Waals surface area contributed by atoms with Gasteiger partial charge in [0.1, 0.15) is 17.4 Å². The van der Waals surface area contributed by atoms with Crippen molar-refractivity contribution in [2.45, 2.75) is 38.1 Å². The van der Waals surface area contributed by atoms with Gasteiger partial charge in [0, 0.05) is 35.7 Å². The van der Waals surface area contributed by atoms with Crippen LogP contribution in [0.25, 0.3) is 22.2 Å². The number of rotatable bonds is 6. The summed E-state index contributed by atoms with van der Waals surface area (Å²) in [7, 11) is 1.58. The van der Waals surface area contributed by atoms with Crippen LogP contribution in [0, 0.1) is 5.82 Å². The molecule has 1 atom stereocenters. The van der Waals surface area contributed by atoms with E-state index in [9.17, 15) is 4.39 Å². The molecule has 6 rings (SSSR count). The first kappa shape index (κ1) is 26.6. The van der Waals surface area contributed by atoms with Crippen LogP contribution < -0.4 is 10.1 Å². The number of aromatic nitrogens is 5. The van der Waals surface area contributed by atoms with Crippen LogP contribution in [-0.4, -0.2) is 56.5 Å². The highest BCUT2D eigenvalue weighted by molar-refractivity contribution is 5.95. The number of nitrogens with one attached hydrogen (secondary N) is 2. The van der Waals surface area contributed by atoms with E-state index in [1.165, 1.54) is 6.07 Å². The fraction of sp³-hybridized carbons (Fsp3) is 0.290. The average Bonchev–Trinajstić information content (AvgIpc) is 3.65. The summed E-state index contributed by atoms with van der Waals surface area (Å²) in [5.41, 5.74) is 5.02. The molecule has 2 aromatic heterocycles. The quantitative estimate of drug-likeness (QED) is 0.338. The molecule has 210 valence electrons. The van der Waals surface area contributed by atoms with Gasteiger partial charge >= 0.3 is 0 Å². The lowest BCUT2D eigenvalue weighted by atomic mass is 9.79. The van der Waals surface area contributed by atoms with Crippen LogP contribution >= 0.6 is 0 Å². The minimum absolute atomic E-state index is 0.216. The number of aromatic amines is 1. The summed E-state index contributed by atoms with van der Waals surface area (Å²) in [6, 6.07) is 11.1. The van der Waals surface area contributed by atoms with Crippen LogP contribution in [0.1, 0.15) is 43.1 Å². The van der Waals surface area contributed by atoms with Gasteiger partial charge in [-0.05, 0) is 74.0 Å². The summed E-state index contributed by atoms with van der Waals surface area (Å²) in [4.78, 5) is 6.58. The van der Waals surface area contributed by atoms with Crippen molar-refractivity contribution in [3.63, 3.8) is 0 Å². The molecule has 0 unspecified atom stereocenters. The minimum Gasteiger partial charge on any atom is -0.496 e. The maximum Gasteiger partial charge on any atom is 0.131 e. The van der Waals surface area contributed by atoms with Crippen molar-refractivity contribution in [1.29, 1.82) is 0 Å². The van der Waals surface area contributed by atoms with Crippen LogP contribution in [0.2, 0.25) is 0 Å². The largest absolute Gasteiger partial charge is 0.496 e. The molecule has 0 aliphatic carbocycles. The van der Waals surface area contributed by atoms with E-state index < -0.39 is 0 Å². The predicted octanol–water partition coefficient (Wildman–Crippen LogP) is 5.28. The molecule has 0 radical (unpaired) electrons. The maximum atomic E-state index is 14.6. The van der Waals surface area contributed by atoms with Crippen LogP contribution in [-0.2, 0) is 12.0 Å². The van der Waals surface area contributed by atoms with Gasteiger partial charge in [0.25, 0.3) is 0 Å². The smallest absolute Gasteiger partial charge is 0.131 e. The van der Waals surface area contributed by atoms with E-state index >= 15 is 0 Å². The number of aliphatic imine (C=N–C) groups is 1. The Bertz CT molecular complexity index is 1680. The number of allylic oxidation sites excluding steroid dienone is 3. The van der Waals surface area contributed by atoms with E-state index in [0.717, 1.165) is 59.5 Å². The lowest BCUT2D eigenvalue weighted by Crippen LogP contribution is -2.44. The molecule has 0 saturated carbocycles. The third-order valence-corrected chi connectivity index (χ3v) is 7.89. The summed E-state index contributed by atoms with van der Waals surface area (Å²) in [5, 5.41) is 20.9. The summed E-state index contributed by atoms with van der Waals surface area (Å²) < 4.78 is 21.9. The van der Waals surface area contributed by atoms with Gasteiger partial charge in [0.15, 0.2) is 0 Å². The van der Waals surface area contributed by atoms with Gasteiger partial charge in [-0.15, -0.1) is 5.10 Å². The first-order valence-electron chi connectivity index (χ1n) is 13.7. The van der Waals surface area contributed by atoms with Crippen molar-refractivity contribution in [1.82, 2.24) is 35.4 Å². The number of halogens is 1. The number of H-pyrrole nitrogens is 1. The molecule has 41 heavy (non-hydrogen) atoms. The van der Waals surface area contributed by atoms with Crippen molar-refractivity contribution < 1.29 is 9.13 Å². The minimum atomic E-state index is -0.243. The fourth-order valence-electron chi connectivity index (χ4n) is 5.69. The van der Waals surface area contributed by atoms with Gasteiger partial charge in [-0.3, -0.25) is 10.00 Å². The summed E-state index contributed by atoms with van der Waals surface area (Å²) >= 11 is 0. The Balaban J connectivity index is 1.26. The molecule has 4 aromatic rings. The number of ether oxygens (including phenoxy) is 1. The van der Waals surface area contributed by atoms with E-state index in [-0.39, 0.29) is 11.2 Å². The first-order chi connectivity index (χ1) is 19.9. The van der Waals surface area contributed by atoms with Crippen molar-refractivity contribution in [2.24, 2.45) is 4.99 Å². The predicted molar refractivity (Wildman–Crippen MR) is 158 cm³/mol. The van der Waals surface area contributed by atoms with Gasteiger partial charge in [-0.25, -0.2) is 14.1 Å². The lowest BCUT2D eigenvalue weighted by Gasteiger charge is -2.39. The van der Waals surface area contributed by atoms with Gasteiger partial charge in [-0.1, -0.05) is 30.9 Å². The number of benzene rings is 2. The van der Waals surface area contributed by atoms with E-state index in [1.807, 2.05) is 47.4 Å². The standard InChI is InChI=1S/C31H33FN8O/c1-21-33-14-5-7-22(12-15-34-21)30-24-17-23(10-11-27(24)35-37-30)40-19-29(36-38-40)31(2)13-6-16-39(20-31)18-25-26(32)8-4-9-28(25)41-3/h4-5,8-12,14-15,17,19,33H,1,6-7,13,16,18,20H2,2-3H3,(H,35,37)/b14-5-,22-12+,34-15-/t31-/m0/s1. The van der Waals surface area contributed by atoms with Gasteiger partial charge in [0.2, 0.25) is 0 Å². The zero-order valence-corrected chi connectivity index (χ0v) is 23.3. The molecule has 1 fully saturated rings. The van der Waals surface area contributed by atoms with E-state index in [0.29, 0.717) is 30.1 Å². The Kier molecular flexibility index (Phi) is 7.23. The van der Waals surface area contributed by atoms with Crippen molar-refractivity contribution in [3.8, 4) is 11.4 Å². The number of likely N-dealkylation sites (tertiary alicyclic amines) is 1. The van der Waals surface area contributed by atoms with Crippen molar-refractivity contribution >= 4 is 22.7 Å². The van der Waals surface area contributed by atoms with E-state index in [1.54, 1.807) is 19.4 Å². The molecule has 0 spiro atoms. The first-order valence-corrected chi connectivity index (χ1v) is 13.7. The molecule has 2 aromatic carbocycles. The number of fused-ring (bicyclic) bond motifs is 1. The average molecular weight is 553 g/mol. The number of hydrogen-bond acceptors (Lipinski definition) is 7.